The second kappa shape index (κ2) is 4.78. The summed E-state index contributed by atoms with van der Waals surface area (Å²) in [6.07, 6.45) is -5.58. The Hall–Kier alpha value is -1.26. The van der Waals surface area contributed by atoms with Crippen molar-refractivity contribution in [1.29, 1.82) is 0 Å². The topological polar surface area (TPSA) is 128 Å². The zero-order valence-electron chi connectivity index (χ0n) is 9.23. The molecule has 2 aliphatic rings. The molecule has 1 saturated heterocycles. The third-order valence-corrected chi connectivity index (χ3v) is 2.86. The van der Waals surface area contributed by atoms with Crippen LogP contribution in [0.3, 0.4) is 0 Å². The van der Waals surface area contributed by atoms with Gasteiger partial charge in [-0.3, -0.25) is 4.90 Å². The van der Waals surface area contributed by atoms with Crippen LogP contribution in [-0.2, 0) is 4.74 Å². The van der Waals surface area contributed by atoms with Gasteiger partial charge in [-0.2, -0.15) is 0 Å². The van der Waals surface area contributed by atoms with Gasteiger partial charge in [0.1, 0.15) is 24.5 Å². The summed E-state index contributed by atoms with van der Waals surface area (Å²) in [5, 5.41) is 30.2. The number of rotatable bonds is 2. The largest absolute Gasteiger partial charge is 0.394 e. The molecule has 0 aromatic rings. The maximum absolute atomic E-state index is 13.3. The second-order valence-electron chi connectivity index (χ2n) is 4.08. The van der Waals surface area contributed by atoms with Crippen LogP contribution < -0.4 is 11.1 Å². The monoisotopic (exact) mass is 263 g/mol. The first-order valence-corrected chi connectivity index (χ1v) is 5.29. The van der Waals surface area contributed by atoms with Crippen molar-refractivity contribution in [2.24, 2.45) is 5.73 Å². The molecule has 2 aliphatic heterocycles. The Kier molecular flexibility index (Phi) is 3.50. The zero-order chi connectivity index (χ0) is 13.4. The van der Waals surface area contributed by atoms with Gasteiger partial charge in [-0.1, -0.05) is 0 Å². The number of nitrogens with two attached hydrogens (primary N) is 1. The highest BCUT2D eigenvalue weighted by Gasteiger charge is 2.47. The lowest BCUT2D eigenvalue weighted by Crippen LogP contribution is -2.56. The summed E-state index contributed by atoms with van der Waals surface area (Å²) >= 11 is 0. The van der Waals surface area contributed by atoms with Gasteiger partial charge in [0, 0.05) is 6.20 Å². The first-order valence-electron chi connectivity index (χ1n) is 5.29. The molecule has 2 heterocycles. The molecule has 2 unspecified atom stereocenters. The van der Waals surface area contributed by atoms with Gasteiger partial charge in [-0.15, -0.1) is 0 Å². The van der Waals surface area contributed by atoms with Gasteiger partial charge in [-0.25, -0.2) is 9.18 Å². The van der Waals surface area contributed by atoms with Crippen molar-refractivity contribution >= 4 is 6.03 Å². The molecule has 0 aromatic heterocycles. The molecule has 1 fully saturated rings. The molecule has 9 heteroatoms. The number of ether oxygens (including phenoxy) is 1. The number of nitrogens with zero attached hydrogens (tertiary/aromatic N) is 1. The van der Waals surface area contributed by atoms with Gasteiger partial charge >= 0.3 is 6.03 Å². The molecular formula is C9H14FN3O5. The van der Waals surface area contributed by atoms with E-state index in [1.54, 1.807) is 0 Å². The first kappa shape index (κ1) is 13.2. The Bertz CT molecular complexity index is 379. The van der Waals surface area contributed by atoms with Crippen molar-refractivity contribution in [3.05, 3.63) is 12.0 Å². The smallest absolute Gasteiger partial charge is 0.325 e. The highest BCUT2D eigenvalue weighted by Crippen LogP contribution is 2.26. The molecule has 0 bridgehead atoms. The van der Waals surface area contributed by atoms with E-state index in [1.165, 1.54) is 0 Å². The fourth-order valence-electron chi connectivity index (χ4n) is 1.85. The summed E-state index contributed by atoms with van der Waals surface area (Å²) in [6.45, 7) is -0.532. The number of hydrogen-bond donors (Lipinski definition) is 5. The summed E-state index contributed by atoms with van der Waals surface area (Å²) in [4.78, 5) is 12.3. The van der Waals surface area contributed by atoms with E-state index in [0.29, 0.717) is 0 Å². The molecule has 0 spiro atoms. The van der Waals surface area contributed by atoms with Gasteiger partial charge < -0.3 is 31.1 Å². The number of urea groups is 1. The van der Waals surface area contributed by atoms with Crippen LogP contribution in [0, 0.1) is 0 Å². The zero-order valence-corrected chi connectivity index (χ0v) is 9.23. The lowest BCUT2D eigenvalue weighted by molar-refractivity contribution is -0.0671. The summed E-state index contributed by atoms with van der Waals surface area (Å²) in [6, 6.07) is -0.765. The fraction of sp³-hybridized carbons (Fsp3) is 0.667. The normalized spacial score (nSPS) is 40.7. The number of carbonyl (C=O) groups is 1. The number of hydrogen-bond acceptors (Lipinski definition) is 6. The quantitative estimate of drug-likeness (QED) is 0.376. The highest BCUT2D eigenvalue weighted by molar-refractivity contribution is 5.77. The van der Waals surface area contributed by atoms with Crippen molar-refractivity contribution in [1.82, 2.24) is 10.2 Å². The standard InChI is InChI=1S/C9H14FN3O5/c10-3-1-13(9(17)12-7(3)11)8-6(16)5(15)4(2-14)18-8/h1,4-8,14-16H,2,11H2,(H,12,17)/t4-,5-,6-,7?,8?/m1/s1. The Morgan fingerprint density at radius 1 is 1.50 bits per heavy atom. The maximum atomic E-state index is 13.3. The Morgan fingerprint density at radius 3 is 2.72 bits per heavy atom. The van der Waals surface area contributed by atoms with E-state index in [2.05, 4.69) is 5.32 Å². The van der Waals surface area contributed by atoms with Crippen LogP contribution in [0.25, 0.3) is 0 Å². The summed E-state index contributed by atoms with van der Waals surface area (Å²) in [5.41, 5.74) is 5.25. The molecule has 0 aliphatic carbocycles. The van der Waals surface area contributed by atoms with Crippen LogP contribution in [0.4, 0.5) is 9.18 Å². The van der Waals surface area contributed by atoms with Crippen LogP contribution in [0.15, 0.2) is 12.0 Å². The molecule has 18 heavy (non-hydrogen) atoms. The van der Waals surface area contributed by atoms with Crippen molar-refractivity contribution in [3.8, 4) is 0 Å². The van der Waals surface area contributed by atoms with E-state index in [-0.39, 0.29) is 0 Å². The van der Waals surface area contributed by atoms with Crippen LogP contribution in [0.5, 0.6) is 0 Å². The van der Waals surface area contributed by atoms with Gasteiger partial charge in [0.05, 0.1) is 6.61 Å². The summed E-state index contributed by atoms with van der Waals surface area (Å²) in [7, 11) is 0. The molecule has 0 aromatic carbocycles. The summed E-state index contributed by atoms with van der Waals surface area (Å²) < 4.78 is 18.4. The molecular weight excluding hydrogens is 249 g/mol. The van der Waals surface area contributed by atoms with Gasteiger partial charge in [-0.05, 0) is 0 Å². The maximum Gasteiger partial charge on any atom is 0.325 e. The van der Waals surface area contributed by atoms with Crippen molar-refractivity contribution in [2.45, 2.75) is 30.7 Å². The first-order chi connectivity index (χ1) is 8.45. The fourth-order valence-corrected chi connectivity index (χ4v) is 1.85. The van der Waals surface area contributed by atoms with Crippen molar-refractivity contribution < 1.29 is 29.2 Å². The van der Waals surface area contributed by atoms with Gasteiger partial charge in [0.15, 0.2) is 12.1 Å². The lowest BCUT2D eigenvalue weighted by atomic mass is 10.1. The number of aliphatic hydroxyl groups excluding tert-OH is 3. The Balaban J connectivity index is 2.19. The minimum Gasteiger partial charge on any atom is -0.394 e. The molecule has 2 rings (SSSR count). The SMILES string of the molecule is NC1NC(=O)N(C2O[C@H](CO)[C@@H](O)[C@H]2O)C=C1F. The number of nitrogens with one attached hydrogen (secondary N) is 1. The number of aliphatic hydroxyl groups is 3. The van der Waals surface area contributed by atoms with Crippen LogP contribution in [0.2, 0.25) is 0 Å². The molecule has 102 valence electrons. The molecule has 0 saturated carbocycles. The van der Waals surface area contributed by atoms with E-state index in [9.17, 15) is 19.4 Å². The number of halogens is 1. The minimum atomic E-state index is -1.45. The molecule has 8 nitrogen and oxygen atoms in total. The van der Waals surface area contributed by atoms with Crippen LogP contribution in [-0.4, -0.2) is 63.6 Å². The number of amides is 2. The third-order valence-electron chi connectivity index (χ3n) is 2.86. The van der Waals surface area contributed by atoms with Gasteiger partial charge in [0.2, 0.25) is 0 Å². The second-order valence-corrected chi connectivity index (χ2v) is 4.08. The number of carbonyl (C=O) groups excluding carboxylic acids is 1. The predicted molar refractivity (Wildman–Crippen MR) is 55.3 cm³/mol. The van der Waals surface area contributed by atoms with Crippen molar-refractivity contribution in [3.63, 3.8) is 0 Å². The van der Waals surface area contributed by atoms with Crippen LogP contribution >= 0.6 is 0 Å². The van der Waals surface area contributed by atoms with Gasteiger partial charge in [0.25, 0.3) is 0 Å². The van der Waals surface area contributed by atoms with Crippen LogP contribution in [0.1, 0.15) is 0 Å². The molecule has 0 radical (unpaired) electrons. The predicted octanol–water partition coefficient (Wildman–Crippen LogP) is -2.45. The Morgan fingerprint density at radius 2 is 2.17 bits per heavy atom. The van der Waals surface area contributed by atoms with Crippen molar-refractivity contribution in [2.75, 3.05) is 6.61 Å². The summed E-state index contributed by atoms with van der Waals surface area (Å²) in [5.74, 6) is -0.813. The van der Waals surface area contributed by atoms with E-state index in [4.69, 9.17) is 15.6 Å². The third kappa shape index (κ3) is 2.06. The average molecular weight is 263 g/mol. The molecule has 5 atom stereocenters. The Labute approximate surface area is 101 Å². The lowest BCUT2D eigenvalue weighted by Gasteiger charge is -2.32. The van der Waals surface area contributed by atoms with E-state index in [0.717, 1.165) is 11.1 Å². The van der Waals surface area contributed by atoms with E-state index in [1.807, 2.05) is 0 Å². The van der Waals surface area contributed by atoms with E-state index >= 15 is 0 Å². The molecule has 2 amide bonds. The van der Waals surface area contributed by atoms with E-state index < -0.39 is 49.2 Å². The highest BCUT2D eigenvalue weighted by atomic mass is 19.1. The molecule has 6 N–H and O–H groups in total. The average Bonchev–Trinajstić information content (AvgIpc) is 2.61. The minimum absolute atomic E-state index is 0.532.